The van der Waals surface area contributed by atoms with Crippen molar-refractivity contribution in [3.05, 3.63) is 33.9 Å². The Morgan fingerprint density at radius 3 is 2.67 bits per heavy atom. The van der Waals surface area contributed by atoms with E-state index in [9.17, 15) is 23.7 Å². The van der Waals surface area contributed by atoms with Crippen molar-refractivity contribution in [3.63, 3.8) is 0 Å². The Kier molecular flexibility index (Phi) is 6.16. The predicted octanol–water partition coefficient (Wildman–Crippen LogP) is 2.58. The lowest BCUT2D eigenvalue weighted by Gasteiger charge is -2.10. The highest BCUT2D eigenvalue weighted by Crippen LogP contribution is 2.29. The third kappa shape index (κ3) is 5.07. The van der Waals surface area contributed by atoms with E-state index in [1.54, 1.807) is 0 Å². The molecule has 0 heterocycles. The lowest BCUT2D eigenvalue weighted by molar-refractivity contribution is -0.384. The molecule has 0 saturated heterocycles. The third-order valence-electron chi connectivity index (χ3n) is 3.02. The van der Waals surface area contributed by atoms with Crippen molar-refractivity contribution in [2.45, 2.75) is 26.2 Å². The van der Waals surface area contributed by atoms with Crippen LogP contribution < -0.4 is 11.1 Å². The first-order chi connectivity index (χ1) is 9.85. The standard InChI is InChI=1S/C13H17F2N3O3/c1-8(4-5-16)2-3-12(19)17-13-10(15)6-9(14)7-11(13)18(20)21/h6-8H,2-5,16H2,1H3,(H,17,19). The third-order valence-corrected chi connectivity index (χ3v) is 3.02. The first kappa shape index (κ1) is 17.0. The number of hydrogen-bond donors (Lipinski definition) is 2. The number of nitrogens with zero attached hydrogens (tertiary/aromatic N) is 1. The van der Waals surface area contributed by atoms with Crippen LogP contribution >= 0.6 is 0 Å². The Balaban J connectivity index is 2.78. The number of nitrogens with one attached hydrogen (secondary N) is 1. The normalized spacial score (nSPS) is 12.0. The van der Waals surface area contributed by atoms with E-state index in [4.69, 9.17) is 5.73 Å². The molecule has 0 aliphatic carbocycles. The molecule has 1 unspecified atom stereocenters. The molecule has 0 aliphatic heterocycles. The number of carbonyl (C=O) groups excluding carboxylic acids is 1. The van der Waals surface area contributed by atoms with Gasteiger partial charge in [-0.2, -0.15) is 0 Å². The molecular formula is C13H17F2N3O3. The van der Waals surface area contributed by atoms with Crippen molar-refractivity contribution < 1.29 is 18.5 Å². The highest BCUT2D eigenvalue weighted by Gasteiger charge is 2.22. The van der Waals surface area contributed by atoms with Gasteiger partial charge in [0.05, 0.1) is 11.0 Å². The van der Waals surface area contributed by atoms with E-state index in [0.717, 1.165) is 6.42 Å². The number of carbonyl (C=O) groups is 1. The molecule has 0 saturated carbocycles. The largest absolute Gasteiger partial charge is 0.330 e. The number of rotatable bonds is 7. The molecule has 116 valence electrons. The molecule has 0 radical (unpaired) electrons. The van der Waals surface area contributed by atoms with Gasteiger partial charge in [0.1, 0.15) is 5.82 Å². The van der Waals surface area contributed by atoms with E-state index in [1.807, 2.05) is 6.92 Å². The molecule has 1 aromatic carbocycles. The Hall–Kier alpha value is -2.09. The van der Waals surface area contributed by atoms with Gasteiger partial charge < -0.3 is 11.1 Å². The van der Waals surface area contributed by atoms with Gasteiger partial charge in [-0.1, -0.05) is 6.92 Å². The quantitative estimate of drug-likeness (QED) is 0.597. The number of halogens is 2. The van der Waals surface area contributed by atoms with Gasteiger partial charge in [0, 0.05) is 12.5 Å². The number of amides is 1. The van der Waals surface area contributed by atoms with Crippen LogP contribution in [0.4, 0.5) is 20.2 Å². The maximum Gasteiger partial charge on any atom is 0.298 e. The smallest absolute Gasteiger partial charge is 0.298 e. The predicted molar refractivity (Wildman–Crippen MR) is 73.7 cm³/mol. The zero-order valence-electron chi connectivity index (χ0n) is 11.6. The number of benzene rings is 1. The van der Waals surface area contributed by atoms with E-state index >= 15 is 0 Å². The molecule has 0 bridgehead atoms. The van der Waals surface area contributed by atoms with E-state index in [2.05, 4.69) is 5.32 Å². The van der Waals surface area contributed by atoms with Gasteiger partial charge in [-0.05, 0) is 25.3 Å². The summed E-state index contributed by atoms with van der Waals surface area (Å²) in [5, 5.41) is 12.9. The molecule has 3 N–H and O–H groups in total. The van der Waals surface area contributed by atoms with Crippen LogP contribution in [-0.4, -0.2) is 17.4 Å². The first-order valence-electron chi connectivity index (χ1n) is 6.48. The maximum absolute atomic E-state index is 13.6. The van der Waals surface area contributed by atoms with Crippen molar-refractivity contribution >= 4 is 17.3 Å². The second-order valence-corrected chi connectivity index (χ2v) is 4.81. The van der Waals surface area contributed by atoms with E-state index in [0.29, 0.717) is 25.1 Å². The number of nitrogens with two attached hydrogens (primary N) is 1. The molecule has 1 rings (SSSR count). The van der Waals surface area contributed by atoms with Crippen molar-refractivity contribution in [1.82, 2.24) is 0 Å². The van der Waals surface area contributed by atoms with Crippen LogP contribution in [0.1, 0.15) is 26.2 Å². The van der Waals surface area contributed by atoms with Crippen LogP contribution in [-0.2, 0) is 4.79 Å². The number of anilines is 1. The molecule has 1 atom stereocenters. The Labute approximate surface area is 120 Å². The van der Waals surface area contributed by atoms with Crippen LogP contribution in [0, 0.1) is 27.7 Å². The second kappa shape index (κ2) is 7.63. The highest BCUT2D eigenvalue weighted by atomic mass is 19.1. The first-order valence-corrected chi connectivity index (χ1v) is 6.48. The minimum atomic E-state index is -1.18. The van der Waals surface area contributed by atoms with Crippen LogP contribution in [0.25, 0.3) is 0 Å². The molecule has 1 amide bonds. The van der Waals surface area contributed by atoms with Gasteiger partial charge in [-0.15, -0.1) is 0 Å². The summed E-state index contributed by atoms with van der Waals surface area (Å²) < 4.78 is 26.6. The van der Waals surface area contributed by atoms with E-state index < -0.39 is 33.8 Å². The number of nitro benzene ring substituents is 1. The summed E-state index contributed by atoms with van der Waals surface area (Å²) in [6.45, 7) is 2.42. The Bertz CT molecular complexity index is 538. The lowest BCUT2D eigenvalue weighted by Crippen LogP contribution is -2.16. The Morgan fingerprint density at radius 1 is 1.43 bits per heavy atom. The minimum Gasteiger partial charge on any atom is -0.330 e. The average Bonchev–Trinajstić information content (AvgIpc) is 2.39. The highest BCUT2D eigenvalue weighted by molar-refractivity contribution is 5.93. The minimum absolute atomic E-state index is 0.0785. The van der Waals surface area contributed by atoms with Gasteiger partial charge >= 0.3 is 0 Å². The van der Waals surface area contributed by atoms with Crippen molar-refractivity contribution in [2.75, 3.05) is 11.9 Å². The summed E-state index contributed by atoms with van der Waals surface area (Å²) in [6, 6.07) is 1.05. The molecule has 0 aromatic heterocycles. The summed E-state index contributed by atoms with van der Waals surface area (Å²) in [5.41, 5.74) is 3.96. The zero-order valence-corrected chi connectivity index (χ0v) is 11.6. The van der Waals surface area contributed by atoms with E-state index in [-0.39, 0.29) is 12.3 Å². The fourth-order valence-corrected chi connectivity index (χ4v) is 1.84. The van der Waals surface area contributed by atoms with E-state index in [1.165, 1.54) is 0 Å². The monoisotopic (exact) mass is 301 g/mol. The van der Waals surface area contributed by atoms with Gasteiger partial charge in [-0.3, -0.25) is 14.9 Å². The maximum atomic E-state index is 13.6. The molecule has 0 fully saturated rings. The zero-order chi connectivity index (χ0) is 16.0. The fourth-order valence-electron chi connectivity index (χ4n) is 1.84. The summed E-state index contributed by atoms with van der Waals surface area (Å²) in [4.78, 5) is 21.5. The average molecular weight is 301 g/mol. The molecule has 21 heavy (non-hydrogen) atoms. The molecule has 1 aromatic rings. The fraction of sp³-hybridized carbons (Fsp3) is 0.462. The molecular weight excluding hydrogens is 284 g/mol. The van der Waals surface area contributed by atoms with Gasteiger partial charge in [-0.25, -0.2) is 8.78 Å². The lowest BCUT2D eigenvalue weighted by atomic mass is 10.0. The van der Waals surface area contributed by atoms with Crippen molar-refractivity contribution in [3.8, 4) is 0 Å². The van der Waals surface area contributed by atoms with Crippen molar-refractivity contribution in [2.24, 2.45) is 11.7 Å². The van der Waals surface area contributed by atoms with Crippen LogP contribution in [0.15, 0.2) is 12.1 Å². The SMILES string of the molecule is CC(CCN)CCC(=O)Nc1c(F)cc(F)cc1[N+](=O)[O-]. The van der Waals surface area contributed by atoms with Gasteiger partial charge in [0.25, 0.3) is 5.69 Å². The molecule has 8 heteroatoms. The van der Waals surface area contributed by atoms with Crippen LogP contribution in [0.5, 0.6) is 0 Å². The number of hydrogen-bond acceptors (Lipinski definition) is 4. The number of nitro groups is 1. The van der Waals surface area contributed by atoms with Gasteiger partial charge in [0.2, 0.25) is 5.91 Å². The summed E-state index contributed by atoms with van der Waals surface area (Å²) in [5.74, 6) is -2.60. The molecule has 6 nitrogen and oxygen atoms in total. The van der Waals surface area contributed by atoms with Crippen LogP contribution in [0.3, 0.4) is 0 Å². The summed E-state index contributed by atoms with van der Waals surface area (Å²) in [6.07, 6.45) is 1.35. The molecule has 0 aliphatic rings. The van der Waals surface area contributed by atoms with Crippen LogP contribution in [0.2, 0.25) is 0 Å². The molecule has 0 spiro atoms. The van der Waals surface area contributed by atoms with Gasteiger partial charge in [0.15, 0.2) is 11.5 Å². The summed E-state index contributed by atoms with van der Waals surface area (Å²) >= 11 is 0. The second-order valence-electron chi connectivity index (χ2n) is 4.81. The topological polar surface area (TPSA) is 98.3 Å². The van der Waals surface area contributed by atoms with Crippen molar-refractivity contribution in [1.29, 1.82) is 0 Å². The summed E-state index contributed by atoms with van der Waals surface area (Å²) in [7, 11) is 0. The Morgan fingerprint density at radius 2 is 2.10 bits per heavy atom.